The van der Waals surface area contributed by atoms with E-state index in [-0.39, 0.29) is 5.69 Å². The molecule has 2 aromatic rings. The lowest BCUT2D eigenvalue weighted by atomic mass is 10.2. The van der Waals surface area contributed by atoms with Crippen molar-refractivity contribution in [3.63, 3.8) is 0 Å². The quantitative estimate of drug-likeness (QED) is 0.585. The zero-order chi connectivity index (χ0) is 15.5. The zero-order valence-corrected chi connectivity index (χ0v) is 12.0. The van der Waals surface area contributed by atoms with E-state index in [9.17, 15) is 13.2 Å². The van der Waals surface area contributed by atoms with Crippen molar-refractivity contribution in [2.75, 3.05) is 5.43 Å². The first-order valence-electron chi connectivity index (χ1n) is 5.78. The van der Waals surface area contributed by atoms with Gasteiger partial charge in [0.2, 0.25) is 0 Å². The third kappa shape index (κ3) is 4.12. The van der Waals surface area contributed by atoms with Crippen LogP contribution < -0.4 is 5.43 Å². The number of anilines is 1. The van der Waals surface area contributed by atoms with Crippen LogP contribution in [0.25, 0.3) is 0 Å². The number of nitrogens with one attached hydrogen (secondary N) is 1. The van der Waals surface area contributed by atoms with Crippen molar-refractivity contribution in [2.45, 2.75) is 6.18 Å². The number of hydrogen-bond donors (Lipinski definition) is 1. The smallest absolute Gasteiger partial charge is 0.278 e. The molecule has 0 amide bonds. The molecule has 0 fully saturated rings. The Balaban J connectivity index is 2.15. The van der Waals surface area contributed by atoms with Crippen molar-refractivity contribution in [3.05, 3.63) is 63.6 Å². The molecule has 0 aliphatic carbocycles. The molecule has 0 aromatic heterocycles. The highest BCUT2D eigenvalue weighted by atomic mass is 35.5. The standard InChI is InChI=1S/C14H9Cl2F3N2/c15-12-5-2-6-13(16)11(12)8-20-21-10-4-1-3-9(7-10)14(17,18)19/h1-8,21H. The molecule has 0 spiro atoms. The van der Waals surface area contributed by atoms with Gasteiger partial charge in [-0.25, -0.2) is 0 Å². The van der Waals surface area contributed by atoms with Crippen molar-refractivity contribution in [3.8, 4) is 0 Å². The Hall–Kier alpha value is -1.72. The third-order valence-corrected chi connectivity index (χ3v) is 3.24. The Kier molecular flexibility index (Phi) is 4.75. The van der Waals surface area contributed by atoms with Crippen LogP contribution in [0.5, 0.6) is 0 Å². The van der Waals surface area contributed by atoms with E-state index in [0.29, 0.717) is 15.6 Å². The summed E-state index contributed by atoms with van der Waals surface area (Å²) in [7, 11) is 0. The van der Waals surface area contributed by atoms with Gasteiger partial charge in [0.15, 0.2) is 0 Å². The van der Waals surface area contributed by atoms with Gasteiger partial charge in [-0.3, -0.25) is 5.43 Å². The molecule has 1 N–H and O–H groups in total. The van der Waals surface area contributed by atoms with Crippen molar-refractivity contribution in [2.24, 2.45) is 5.10 Å². The SMILES string of the molecule is FC(F)(F)c1cccc(NN=Cc2c(Cl)cccc2Cl)c1. The van der Waals surface area contributed by atoms with Gasteiger partial charge in [-0.2, -0.15) is 18.3 Å². The van der Waals surface area contributed by atoms with Crippen LogP contribution in [-0.2, 0) is 6.18 Å². The van der Waals surface area contributed by atoms with Crippen LogP contribution in [0.15, 0.2) is 47.6 Å². The molecule has 110 valence electrons. The van der Waals surface area contributed by atoms with Crippen LogP contribution in [-0.4, -0.2) is 6.21 Å². The predicted molar refractivity (Wildman–Crippen MR) is 79.1 cm³/mol. The van der Waals surface area contributed by atoms with Crippen molar-refractivity contribution in [1.82, 2.24) is 0 Å². The molecule has 0 aliphatic rings. The number of benzene rings is 2. The van der Waals surface area contributed by atoms with Gasteiger partial charge < -0.3 is 0 Å². The second-order valence-corrected chi connectivity index (χ2v) is 4.90. The minimum atomic E-state index is -4.40. The number of halogens is 5. The highest BCUT2D eigenvalue weighted by Crippen LogP contribution is 2.30. The Bertz CT molecular complexity index is 649. The van der Waals surface area contributed by atoms with Gasteiger partial charge in [-0.05, 0) is 30.3 Å². The lowest BCUT2D eigenvalue weighted by molar-refractivity contribution is -0.137. The summed E-state index contributed by atoms with van der Waals surface area (Å²) < 4.78 is 37.7. The summed E-state index contributed by atoms with van der Waals surface area (Å²) in [6.45, 7) is 0. The number of nitrogens with zero attached hydrogens (tertiary/aromatic N) is 1. The molecule has 0 unspecified atom stereocenters. The van der Waals surface area contributed by atoms with Gasteiger partial charge in [-0.1, -0.05) is 35.3 Å². The summed E-state index contributed by atoms with van der Waals surface area (Å²) in [5, 5.41) is 4.65. The minimum absolute atomic E-state index is 0.212. The third-order valence-electron chi connectivity index (χ3n) is 2.58. The predicted octanol–water partition coefficient (Wildman–Crippen LogP) is 5.46. The first kappa shape index (κ1) is 15.7. The van der Waals surface area contributed by atoms with E-state index < -0.39 is 11.7 Å². The number of hydrogen-bond acceptors (Lipinski definition) is 2. The van der Waals surface area contributed by atoms with E-state index in [1.165, 1.54) is 18.3 Å². The molecular formula is C14H9Cl2F3N2. The van der Waals surface area contributed by atoms with E-state index >= 15 is 0 Å². The maximum Gasteiger partial charge on any atom is 0.416 e. The van der Waals surface area contributed by atoms with Gasteiger partial charge in [-0.15, -0.1) is 0 Å². The summed E-state index contributed by atoms with van der Waals surface area (Å²) in [5.74, 6) is 0. The largest absolute Gasteiger partial charge is 0.416 e. The molecule has 0 heterocycles. The Morgan fingerprint density at radius 1 is 1.00 bits per heavy atom. The fourth-order valence-electron chi connectivity index (χ4n) is 1.57. The van der Waals surface area contributed by atoms with Crippen LogP contribution in [0.3, 0.4) is 0 Å². The molecular weight excluding hydrogens is 324 g/mol. The molecule has 0 atom stereocenters. The monoisotopic (exact) mass is 332 g/mol. The van der Waals surface area contributed by atoms with Crippen LogP contribution in [0.2, 0.25) is 10.0 Å². The van der Waals surface area contributed by atoms with E-state index in [1.54, 1.807) is 18.2 Å². The van der Waals surface area contributed by atoms with E-state index in [1.807, 2.05) is 0 Å². The fourth-order valence-corrected chi connectivity index (χ4v) is 2.07. The summed E-state index contributed by atoms with van der Waals surface area (Å²) in [6, 6.07) is 9.68. The Morgan fingerprint density at radius 2 is 1.62 bits per heavy atom. The van der Waals surface area contributed by atoms with Crippen molar-refractivity contribution in [1.29, 1.82) is 0 Å². The van der Waals surface area contributed by atoms with Gasteiger partial charge in [0, 0.05) is 5.56 Å². The number of alkyl halides is 3. The highest BCUT2D eigenvalue weighted by molar-refractivity contribution is 6.38. The normalized spacial score (nSPS) is 11.9. The zero-order valence-electron chi connectivity index (χ0n) is 10.5. The van der Waals surface area contributed by atoms with Crippen LogP contribution in [0, 0.1) is 0 Å². The average Bonchev–Trinajstić information content (AvgIpc) is 2.41. The molecule has 0 saturated carbocycles. The maximum absolute atomic E-state index is 12.6. The summed E-state index contributed by atoms with van der Waals surface area (Å²) in [5.41, 5.74) is 2.46. The van der Waals surface area contributed by atoms with Gasteiger partial charge in [0.05, 0.1) is 27.5 Å². The molecule has 2 rings (SSSR count). The Labute approximate surface area is 129 Å². The molecule has 0 radical (unpaired) electrons. The second-order valence-electron chi connectivity index (χ2n) is 4.08. The average molecular weight is 333 g/mol. The summed E-state index contributed by atoms with van der Waals surface area (Å²) >= 11 is 11.9. The fraction of sp³-hybridized carbons (Fsp3) is 0.0714. The minimum Gasteiger partial charge on any atom is -0.278 e. The molecule has 7 heteroatoms. The van der Waals surface area contributed by atoms with E-state index in [2.05, 4.69) is 10.5 Å². The molecule has 0 saturated heterocycles. The van der Waals surface area contributed by atoms with Gasteiger partial charge >= 0.3 is 6.18 Å². The van der Waals surface area contributed by atoms with Crippen LogP contribution >= 0.6 is 23.2 Å². The second kappa shape index (κ2) is 6.37. The molecule has 21 heavy (non-hydrogen) atoms. The lowest BCUT2D eigenvalue weighted by Crippen LogP contribution is -2.05. The number of hydrazone groups is 1. The van der Waals surface area contributed by atoms with Crippen molar-refractivity contribution < 1.29 is 13.2 Å². The molecule has 0 bridgehead atoms. The molecule has 2 nitrogen and oxygen atoms in total. The first-order valence-corrected chi connectivity index (χ1v) is 6.54. The van der Waals surface area contributed by atoms with Gasteiger partial charge in [0.25, 0.3) is 0 Å². The maximum atomic E-state index is 12.6. The highest BCUT2D eigenvalue weighted by Gasteiger charge is 2.30. The van der Waals surface area contributed by atoms with Crippen LogP contribution in [0.4, 0.5) is 18.9 Å². The van der Waals surface area contributed by atoms with Crippen molar-refractivity contribution >= 4 is 35.1 Å². The van der Waals surface area contributed by atoms with Gasteiger partial charge in [0.1, 0.15) is 0 Å². The van der Waals surface area contributed by atoms with E-state index in [0.717, 1.165) is 12.1 Å². The summed E-state index contributed by atoms with van der Waals surface area (Å²) in [4.78, 5) is 0. The Morgan fingerprint density at radius 3 is 2.24 bits per heavy atom. The topological polar surface area (TPSA) is 24.4 Å². The van der Waals surface area contributed by atoms with E-state index in [4.69, 9.17) is 23.2 Å². The lowest BCUT2D eigenvalue weighted by Gasteiger charge is -2.08. The molecule has 0 aliphatic heterocycles. The summed E-state index contributed by atoms with van der Waals surface area (Å²) in [6.07, 6.45) is -3.04. The molecule has 2 aromatic carbocycles. The first-order chi connectivity index (χ1) is 9.88. The number of rotatable bonds is 3. The van der Waals surface area contributed by atoms with Crippen LogP contribution in [0.1, 0.15) is 11.1 Å².